The summed E-state index contributed by atoms with van der Waals surface area (Å²) in [5.41, 5.74) is 5.44. The van der Waals surface area contributed by atoms with E-state index in [0.717, 1.165) is 17.0 Å². The van der Waals surface area contributed by atoms with E-state index in [4.69, 9.17) is 17.3 Å². The van der Waals surface area contributed by atoms with E-state index in [0.29, 0.717) is 21.9 Å². The predicted molar refractivity (Wildman–Crippen MR) is 135 cm³/mol. The largest absolute Gasteiger partial charge is 0.480 e. The van der Waals surface area contributed by atoms with Crippen molar-refractivity contribution >= 4 is 40.7 Å². The molecule has 3 rings (SSSR count). The van der Waals surface area contributed by atoms with Gasteiger partial charge in [0.25, 0.3) is 5.91 Å². The molecule has 1 heterocycles. The fourth-order valence-electron chi connectivity index (χ4n) is 4.06. The highest BCUT2D eigenvalue weighted by molar-refractivity contribution is 7.16. The van der Waals surface area contributed by atoms with Crippen LogP contribution in [-0.2, 0) is 16.0 Å². The van der Waals surface area contributed by atoms with Crippen molar-refractivity contribution in [2.75, 3.05) is 0 Å². The number of benzene rings is 2. The fraction of sp³-hybridized carbons (Fsp3) is 0.269. The van der Waals surface area contributed by atoms with Crippen LogP contribution < -0.4 is 5.73 Å². The summed E-state index contributed by atoms with van der Waals surface area (Å²) in [6.45, 7) is 3.49. The summed E-state index contributed by atoms with van der Waals surface area (Å²) in [7, 11) is 0. The Labute approximate surface area is 216 Å². The summed E-state index contributed by atoms with van der Waals surface area (Å²) >= 11 is 7.38. The number of carboxylic acids is 1. The molecule has 0 bridgehead atoms. The molecule has 6 nitrogen and oxygen atoms in total. The number of carbonyl (C=O) groups excluding carboxylic acids is 2. The molecule has 190 valence electrons. The van der Waals surface area contributed by atoms with E-state index in [1.165, 1.54) is 34.4 Å². The van der Waals surface area contributed by atoms with Crippen LogP contribution in [-0.4, -0.2) is 39.4 Å². The minimum absolute atomic E-state index is 0.155. The van der Waals surface area contributed by atoms with Gasteiger partial charge in [0.1, 0.15) is 6.04 Å². The number of carboxylic acid groups (broad SMARTS) is 1. The number of primary amides is 1. The van der Waals surface area contributed by atoms with Crippen LogP contribution >= 0.6 is 22.9 Å². The molecule has 0 saturated heterocycles. The molecular formula is C26H25ClF2N2O4S. The highest BCUT2D eigenvalue weighted by atomic mass is 35.5. The van der Waals surface area contributed by atoms with Crippen LogP contribution in [0.25, 0.3) is 11.1 Å². The van der Waals surface area contributed by atoms with Gasteiger partial charge in [-0.25, -0.2) is 13.6 Å². The van der Waals surface area contributed by atoms with Crippen LogP contribution in [0.15, 0.2) is 54.6 Å². The molecule has 2 aromatic carbocycles. The van der Waals surface area contributed by atoms with E-state index >= 15 is 0 Å². The topological polar surface area (TPSA) is 101 Å². The Morgan fingerprint density at radius 1 is 1.03 bits per heavy atom. The number of rotatable bonds is 10. The Hall–Kier alpha value is -3.30. The summed E-state index contributed by atoms with van der Waals surface area (Å²) in [4.78, 5) is 39.5. The van der Waals surface area contributed by atoms with Crippen molar-refractivity contribution in [3.8, 4) is 11.1 Å². The number of nitrogens with two attached hydrogens (primary N) is 1. The molecule has 1 aromatic heterocycles. The number of thiophene rings is 1. The van der Waals surface area contributed by atoms with Gasteiger partial charge in [0.05, 0.1) is 4.34 Å². The highest BCUT2D eigenvalue weighted by Gasteiger charge is 2.40. The monoisotopic (exact) mass is 534 g/mol. The molecule has 2 amide bonds. The third-order valence-electron chi connectivity index (χ3n) is 5.75. The molecule has 36 heavy (non-hydrogen) atoms. The summed E-state index contributed by atoms with van der Waals surface area (Å²) < 4.78 is 27.5. The van der Waals surface area contributed by atoms with Crippen molar-refractivity contribution in [3.05, 3.63) is 81.0 Å². The summed E-state index contributed by atoms with van der Waals surface area (Å²) in [5.74, 6) is -4.46. The number of nitrogens with zero attached hydrogens (tertiary/aromatic N) is 1. The minimum Gasteiger partial charge on any atom is -0.480 e. The second kappa shape index (κ2) is 11.2. The fourth-order valence-corrected chi connectivity index (χ4v) is 5.37. The van der Waals surface area contributed by atoms with Crippen molar-refractivity contribution in [1.82, 2.24) is 4.90 Å². The van der Waals surface area contributed by atoms with Crippen molar-refractivity contribution in [2.45, 2.75) is 44.7 Å². The lowest BCUT2D eigenvalue weighted by atomic mass is 9.92. The maximum absolute atomic E-state index is 13.7. The Morgan fingerprint density at radius 2 is 1.67 bits per heavy atom. The van der Waals surface area contributed by atoms with Crippen LogP contribution in [0.1, 0.15) is 41.9 Å². The van der Waals surface area contributed by atoms with Gasteiger partial charge in [0.15, 0.2) is 11.6 Å². The molecule has 0 saturated carbocycles. The quantitative estimate of drug-likeness (QED) is 0.357. The zero-order valence-corrected chi connectivity index (χ0v) is 21.2. The van der Waals surface area contributed by atoms with Crippen molar-refractivity contribution < 1.29 is 28.3 Å². The Morgan fingerprint density at radius 3 is 2.19 bits per heavy atom. The molecule has 1 atom stereocenters. The van der Waals surface area contributed by atoms with Crippen molar-refractivity contribution in [2.24, 2.45) is 5.73 Å². The van der Waals surface area contributed by atoms with Crippen LogP contribution in [0.5, 0.6) is 0 Å². The number of aliphatic carboxylic acids is 1. The number of halogens is 3. The van der Waals surface area contributed by atoms with Gasteiger partial charge in [-0.1, -0.05) is 29.8 Å². The maximum atomic E-state index is 13.7. The zero-order valence-electron chi connectivity index (χ0n) is 19.6. The summed E-state index contributed by atoms with van der Waals surface area (Å²) in [6.07, 6.45) is -0.0435. The van der Waals surface area contributed by atoms with Gasteiger partial charge in [0.2, 0.25) is 5.91 Å². The lowest BCUT2D eigenvalue weighted by Gasteiger charge is -2.42. The standard InChI is InChI=1S/C26H25ClF2N2O4S/c1-26(2,14-18-8-11-22(27)36-18)31(21(25(34)35)10-12-23(30)32)24(33)16-5-3-15(4-6-16)17-7-9-19(28)20(29)13-17/h3-9,11,13,21H,10,12,14H2,1-2H3,(H2,30,32)(H,34,35)/t21-/m0/s1. The first-order valence-electron chi connectivity index (χ1n) is 11.0. The molecule has 0 spiro atoms. The number of carbonyl (C=O) groups is 3. The van der Waals surface area contributed by atoms with E-state index in [1.54, 1.807) is 32.0 Å². The average Bonchev–Trinajstić information content (AvgIpc) is 3.21. The lowest BCUT2D eigenvalue weighted by molar-refractivity contribution is -0.144. The van der Waals surface area contributed by atoms with E-state index in [2.05, 4.69) is 0 Å². The predicted octanol–water partition coefficient (Wildman–Crippen LogP) is 5.53. The van der Waals surface area contributed by atoms with Gasteiger partial charge in [-0.05, 0) is 67.8 Å². The van der Waals surface area contributed by atoms with E-state index < -0.39 is 41.0 Å². The van der Waals surface area contributed by atoms with Gasteiger partial charge in [-0.2, -0.15) is 0 Å². The van der Waals surface area contributed by atoms with Crippen LogP contribution in [0.4, 0.5) is 8.78 Å². The van der Waals surface area contributed by atoms with Gasteiger partial charge >= 0.3 is 5.97 Å². The Bertz CT molecular complexity index is 1280. The first-order valence-corrected chi connectivity index (χ1v) is 12.2. The number of hydrogen-bond acceptors (Lipinski definition) is 4. The lowest BCUT2D eigenvalue weighted by Crippen LogP contribution is -2.57. The van der Waals surface area contributed by atoms with Crippen molar-refractivity contribution in [1.29, 1.82) is 0 Å². The highest BCUT2D eigenvalue weighted by Crippen LogP contribution is 2.32. The molecule has 0 aliphatic heterocycles. The second-order valence-electron chi connectivity index (χ2n) is 8.94. The average molecular weight is 535 g/mol. The molecule has 0 unspecified atom stereocenters. The zero-order chi connectivity index (χ0) is 26.6. The normalized spacial score (nSPS) is 12.2. The SMILES string of the molecule is CC(C)(Cc1ccc(Cl)s1)N(C(=O)c1ccc(-c2ccc(F)c(F)c2)cc1)[C@@H](CCC(N)=O)C(=O)O. The first-order chi connectivity index (χ1) is 16.9. The Balaban J connectivity index is 1.98. The van der Waals surface area contributed by atoms with E-state index in [9.17, 15) is 28.3 Å². The smallest absolute Gasteiger partial charge is 0.326 e. The molecule has 0 fully saturated rings. The number of hydrogen-bond donors (Lipinski definition) is 2. The molecule has 3 N–H and O–H groups in total. The van der Waals surface area contributed by atoms with Crippen LogP contribution in [0.2, 0.25) is 4.34 Å². The Kier molecular flexibility index (Phi) is 8.47. The van der Waals surface area contributed by atoms with Gasteiger partial charge in [-0.3, -0.25) is 9.59 Å². The molecule has 3 aromatic rings. The molecule has 0 aliphatic carbocycles. The van der Waals surface area contributed by atoms with Crippen molar-refractivity contribution in [3.63, 3.8) is 0 Å². The van der Waals surface area contributed by atoms with Crippen LogP contribution in [0, 0.1) is 11.6 Å². The third kappa shape index (κ3) is 6.47. The minimum atomic E-state index is -1.32. The first kappa shape index (κ1) is 27.3. The summed E-state index contributed by atoms with van der Waals surface area (Å²) in [6, 6.07) is 11.8. The molecule has 0 radical (unpaired) electrons. The van der Waals surface area contributed by atoms with Crippen LogP contribution in [0.3, 0.4) is 0 Å². The molecule has 0 aliphatic rings. The molecular weight excluding hydrogens is 510 g/mol. The third-order valence-corrected chi connectivity index (χ3v) is 6.98. The molecule has 10 heteroatoms. The van der Waals surface area contributed by atoms with Gasteiger partial charge in [0, 0.05) is 28.8 Å². The number of amides is 2. The summed E-state index contributed by atoms with van der Waals surface area (Å²) in [5, 5.41) is 10.00. The second-order valence-corrected chi connectivity index (χ2v) is 10.7. The maximum Gasteiger partial charge on any atom is 0.326 e. The van der Waals surface area contributed by atoms with E-state index in [1.807, 2.05) is 6.07 Å². The van der Waals surface area contributed by atoms with E-state index in [-0.39, 0.29) is 18.4 Å². The van der Waals surface area contributed by atoms with Gasteiger partial charge < -0.3 is 15.7 Å². The van der Waals surface area contributed by atoms with Gasteiger partial charge in [-0.15, -0.1) is 11.3 Å².